The number of hydrogen-bond donors (Lipinski definition) is 1. The summed E-state index contributed by atoms with van der Waals surface area (Å²) in [5, 5.41) is 14.8. The summed E-state index contributed by atoms with van der Waals surface area (Å²) < 4.78 is 7.65. The number of likely N-dealkylation sites (tertiary alicyclic amines) is 1. The molecular weight excluding hydrogens is 316 g/mol. The third-order valence-corrected chi connectivity index (χ3v) is 4.71. The first-order chi connectivity index (χ1) is 12.1. The Balaban J connectivity index is 1.45. The second-order valence-electron chi connectivity index (χ2n) is 6.83. The van der Waals surface area contributed by atoms with E-state index >= 15 is 0 Å². The molecule has 6 nitrogen and oxygen atoms in total. The van der Waals surface area contributed by atoms with Gasteiger partial charge in [0.15, 0.2) is 0 Å². The van der Waals surface area contributed by atoms with E-state index in [9.17, 15) is 5.11 Å². The summed E-state index contributed by atoms with van der Waals surface area (Å²) in [4.78, 5) is 6.73. The highest BCUT2D eigenvalue weighted by molar-refractivity contribution is 5.13. The van der Waals surface area contributed by atoms with Crippen molar-refractivity contribution in [1.29, 1.82) is 0 Å². The van der Waals surface area contributed by atoms with Crippen LogP contribution in [-0.2, 0) is 17.9 Å². The van der Waals surface area contributed by atoms with Crippen molar-refractivity contribution in [2.45, 2.75) is 52.0 Å². The van der Waals surface area contributed by atoms with Crippen LogP contribution in [0.2, 0.25) is 0 Å². The van der Waals surface area contributed by atoms with Gasteiger partial charge >= 0.3 is 0 Å². The maximum Gasteiger partial charge on any atom is 0.147 e. The summed E-state index contributed by atoms with van der Waals surface area (Å²) in [6.07, 6.45) is 1.83. The Kier molecular flexibility index (Phi) is 6.18. The van der Waals surface area contributed by atoms with Crippen LogP contribution in [0.25, 0.3) is 0 Å². The molecule has 6 heteroatoms. The molecule has 0 radical (unpaired) electrons. The standard InChI is InChI=1S/C19H28N4O2/c1-15-20-16(2)23(21-15)11-18-9-6-10-22(18)12-19(24)14-25-13-17-7-4-3-5-8-17/h3-5,7-8,18-19,24H,6,9-14H2,1-2H3. The SMILES string of the molecule is Cc1nc(C)n(CC2CCCN2CC(O)COCc2ccccc2)n1. The number of ether oxygens (including phenoxy) is 1. The van der Waals surface area contributed by atoms with Crippen LogP contribution >= 0.6 is 0 Å². The molecule has 0 saturated carbocycles. The summed E-state index contributed by atoms with van der Waals surface area (Å²) in [5.74, 6) is 1.77. The van der Waals surface area contributed by atoms with Crippen LogP contribution < -0.4 is 0 Å². The molecule has 1 aromatic heterocycles. The number of benzene rings is 1. The predicted molar refractivity (Wildman–Crippen MR) is 96.2 cm³/mol. The fourth-order valence-electron chi connectivity index (χ4n) is 3.49. The van der Waals surface area contributed by atoms with Gasteiger partial charge in [0, 0.05) is 12.6 Å². The lowest BCUT2D eigenvalue weighted by Crippen LogP contribution is -2.40. The monoisotopic (exact) mass is 344 g/mol. The average Bonchev–Trinajstić information content (AvgIpc) is 3.15. The van der Waals surface area contributed by atoms with Gasteiger partial charge in [-0.15, -0.1) is 0 Å². The van der Waals surface area contributed by atoms with Crippen molar-refractivity contribution in [3.63, 3.8) is 0 Å². The molecule has 1 fully saturated rings. The Morgan fingerprint density at radius 1 is 1.28 bits per heavy atom. The lowest BCUT2D eigenvalue weighted by atomic mass is 10.2. The number of rotatable bonds is 8. The lowest BCUT2D eigenvalue weighted by molar-refractivity contribution is 0.00662. The van der Waals surface area contributed by atoms with Gasteiger partial charge in [-0.05, 0) is 38.8 Å². The molecule has 1 aliphatic rings. The summed E-state index contributed by atoms with van der Waals surface area (Å²) >= 11 is 0. The van der Waals surface area contributed by atoms with E-state index in [1.54, 1.807) is 0 Å². The topological polar surface area (TPSA) is 63.4 Å². The molecule has 1 aromatic carbocycles. The minimum Gasteiger partial charge on any atom is -0.389 e. The van der Waals surface area contributed by atoms with E-state index in [0.717, 1.165) is 43.1 Å². The van der Waals surface area contributed by atoms with Gasteiger partial charge in [-0.3, -0.25) is 4.90 Å². The molecule has 1 aliphatic heterocycles. The number of aryl methyl sites for hydroxylation is 2. The number of aromatic nitrogens is 3. The normalized spacial score (nSPS) is 19.4. The van der Waals surface area contributed by atoms with Crippen molar-refractivity contribution >= 4 is 0 Å². The molecule has 136 valence electrons. The van der Waals surface area contributed by atoms with Crippen LogP contribution in [0.5, 0.6) is 0 Å². The maximum atomic E-state index is 10.3. The van der Waals surface area contributed by atoms with Crippen LogP contribution in [0.1, 0.15) is 30.1 Å². The van der Waals surface area contributed by atoms with Crippen LogP contribution in [0.15, 0.2) is 30.3 Å². The zero-order valence-electron chi connectivity index (χ0n) is 15.1. The summed E-state index contributed by atoms with van der Waals surface area (Å²) in [7, 11) is 0. The number of β-amino-alcohol motifs (C(OH)–C–C–N with tert-alkyl or cyclic N) is 1. The van der Waals surface area contributed by atoms with E-state index in [4.69, 9.17) is 4.74 Å². The highest BCUT2D eigenvalue weighted by atomic mass is 16.5. The van der Waals surface area contributed by atoms with E-state index in [1.165, 1.54) is 0 Å². The van der Waals surface area contributed by atoms with Gasteiger partial charge in [0.05, 0.1) is 25.9 Å². The second-order valence-corrected chi connectivity index (χ2v) is 6.83. The molecule has 2 aromatic rings. The first-order valence-electron chi connectivity index (χ1n) is 9.03. The van der Waals surface area contributed by atoms with Gasteiger partial charge in [0.1, 0.15) is 11.6 Å². The summed E-state index contributed by atoms with van der Waals surface area (Å²) in [6, 6.07) is 10.5. The van der Waals surface area contributed by atoms with E-state index in [0.29, 0.717) is 25.8 Å². The molecule has 0 spiro atoms. The van der Waals surface area contributed by atoms with Crippen molar-refractivity contribution in [3.05, 3.63) is 47.5 Å². The Hall–Kier alpha value is -1.76. The lowest BCUT2D eigenvalue weighted by Gasteiger charge is -2.26. The quantitative estimate of drug-likeness (QED) is 0.793. The minimum absolute atomic E-state index is 0.361. The summed E-state index contributed by atoms with van der Waals surface area (Å²) in [5.41, 5.74) is 1.13. The molecule has 1 saturated heterocycles. The highest BCUT2D eigenvalue weighted by Crippen LogP contribution is 2.19. The number of nitrogens with zero attached hydrogens (tertiary/aromatic N) is 4. The van der Waals surface area contributed by atoms with Crippen molar-refractivity contribution in [1.82, 2.24) is 19.7 Å². The molecule has 2 heterocycles. The molecule has 1 N–H and O–H groups in total. The van der Waals surface area contributed by atoms with E-state index in [2.05, 4.69) is 15.0 Å². The Bertz CT molecular complexity index is 659. The van der Waals surface area contributed by atoms with Gasteiger partial charge in [-0.1, -0.05) is 30.3 Å². The van der Waals surface area contributed by atoms with Crippen molar-refractivity contribution < 1.29 is 9.84 Å². The fraction of sp³-hybridized carbons (Fsp3) is 0.579. The predicted octanol–water partition coefficient (Wildman–Crippen LogP) is 1.94. The highest BCUT2D eigenvalue weighted by Gasteiger charge is 2.27. The van der Waals surface area contributed by atoms with E-state index < -0.39 is 6.10 Å². The molecule has 0 amide bonds. The van der Waals surface area contributed by atoms with Gasteiger partial charge < -0.3 is 9.84 Å². The van der Waals surface area contributed by atoms with Crippen LogP contribution in [0.3, 0.4) is 0 Å². The fourth-order valence-corrected chi connectivity index (χ4v) is 3.49. The number of aliphatic hydroxyl groups is 1. The largest absolute Gasteiger partial charge is 0.389 e. The zero-order chi connectivity index (χ0) is 17.6. The first kappa shape index (κ1) is 18.0. The van der Waals surface area contributed by atoms with Gasteiger partial charge in [-0.25, -0.2) is 9.67 Å². The molecule has 0 aliphatic carbocycles. The third kappa shape index (κ3) is 5.11. The molecule has 0 bridgehead atoms. The third-order valence-electron chi connectivity index (χ3n) is 4.71. The van der Waals surface area contributed by atoms with Gasteiger partial charge in [0.25, 0.3) is 0 Å². The van der Waals surface area contributed by atoms with Crippen molar-refractivity contribution in [3.8, 4) is 0 Å². The van der Waals surface area contributed by atoms with Gasteiger partial charge in [-0.2, -0.15) is 5.10 Å². The first-order valence-corrected chi connectivity index (χ1v) is 9.03. The van der Waals surface area contributed by atoms with Crippen molar-refractivity contribution in [2.75, 3.05) is 19.7 Å². The Labute approximate surface area is 149 Å². The van der Waals surface area contributed by atoms with E-state index in [-0.39, 0.29) is 0 Å². The number of aliphatic hydroxyl groups excluding tert-OH is 1. The van der Waals surface area contributed by atoms with Gasteiger partial charge in [0.2, 0.25) is 0 Å². The zero-order valence-corrected chi connectivity index (χ0v) is 15.1. The maximum absolute atomic E-state index is 10.3. The van der Waals surface area contributed by atoms with Crippen LogP contribution in [0, 0.1) is 13.8 Å². The minimum atomic E-state index is -0.470. The smallest absolute Gasteiger partial charge is 0.147 e. The molecule has 2 unspecified atom stereocenters. The Morgan fingerprint density at radius 2 is 2.08 bits per heavy atom. The summed E-state index contributed by atoms with van der Waals surface area (Å²) in [6.45, 7) is 7.32. The average molecular weight is 344 g/mol. The van der Waals surface area contributed by atoms with Crippen LogP contribution in [0.4, 0.5) is 0 Å². The van der Waals surface area contributed by atoms with Crippen LogP contribution in [-0.4, -0.2) is 56.6 Å². The Morgan fingerprint density at radius 3 is 2.80 bits per heavy atom. The molecule has 25 heavy (non-hydrogen) atoms. The van der Waals surface area contributed by atoms with E-state index in [1.807, 2.05) is 48.9 Å². The second kappa shape index (κ2) is 8.56. The number of hydrogen-bond acceptors (Lipinski definition) is 5. The molecular formula is C19H28N4O2. The van der Waals surface area contributed by atoms with Crippen molar-refractivity contribution in [2.24, 2.45) is 0 Å². The molecule has 3 rings (SSSR count). The molecule has 2 atom stereocenters.